The summed E-state index contributed by atoms with van der Waals surface area (Å²) in [5.74, 6) is -0.249. The zero-order chi connectivity index (χ0) is 17.0. The molecule has 1 aromatic rings. The lowest BCUT2D eigenvalue weighted by molar-refractivity contribution is -0.124. The maximum absolute atomic E-state index is 13.1. The number of halogens is 2. The van der Waals surface area contributed by atoms with Crippen molar-refractivity contribution >= 4 is 17.5 Å². The van der Waals surface area contributed by atoms with E-state index < -0.39 is 0 Å². The number of carbonyl (C=O) groups excluding carboxylic acids is 1. The van der Waals surface area contributed by atoms with Crippen LogP contribution in [-0.4, -0.2) is 54.0 Å². The zero-order valence-electron chi connectivity index (χ0n) is 14.0. The Morgan fingerprint density at radius 2 is 1.83 bits per heavy atom. The molecule has 0 aromatic heterocycles. The Balaban J connectivity index is 1.79. The molecule has 1 heterocycles. The summed E-state index contributed by atoms with van der Waals surface area (Å²) in [6, 6.07) is 4.53. The second kappa shape index (κ2) is 7.60. The summed E-state index contributed by atoms with van der Waals surface area (Å²) < 4.78 is 13.1. The number of carbonyl (C=O) groups is 1. The molecule has 0 bridgehead atoms. The van der Waals surface area contributed by atoms with Gasteiger partial charge in [-0.1, -0.05) is 17.7 Å². The van der Waals surface area contributed by atoms with E-state index in [0.717, 1.165) is 31.7 Å². The Hall–Kier alpha value is -1.17. The molecule has 2 rings (SSSR count). The molecular weight excluding hydrogens is 317 g/mol. The minimum absolute atomic E-state index is 0.0625. The average molecular weight is 342 g/mol. The van der Waals surface area contributed by atoms with E-state index in [9.17, 15) is 9.18 Å². The Morgan fingerprint density at radius 3 is 2.39 bits per heavy atom. The zero-order valence-corrected chi connectivity index (χ0v) is 14.8. The van der Waals surface area contributed by atoms with Crippen molar-refractivity contribution in [3.05, 3.63) is 34.6 Å². The summed E-state index contributed by atoms with van der Waals surface area (Å²) in [5.41, 5.74) is 0.741. The molecular formula is C17H25ClFN3O. The number of amides is 1. The third-order valence-corrected chi connectivity index (χ3v) is 4.11. The monoisotopic (exact) mass is 341 g/mol. The topological polar surface area (TPSA) is 35.6 Å². The number of piperazine rings is 1. The van der Waals surface area contributed by atoms with Crippen molar-refractivity contribution in [3.8, 4) is 0 Å². The lowest BCUT2D eigenvalue weighted by atomic mass is 10.1. The molecule has 0 aliphatic carbocycles. The van der Waals surface area contributed by atoms with Gasteiger partial charge in [-0.25, -0.2) is 4.39 Å². The Bertz CT molecular complexity index is 551. The Morgan fingerprint density at radius 1 is 1.22 bits per heavy atom. The van der Waals surface area contributed by atoms with Gasteiger partial charge in [-0.3, -0.25) is 14.6 Å². The van der Waals surface area contributed by atoms with Crippen LogP contribution in [0.15, 0.2) is 18.2 Å². The first kappa shape index (κ1) is 18.2. The third kappa shape index (κ3) is 6.09. The van der Waals surface area contributed by atoms with Crippen LogP contribution in [-0.2, 0) is 11.3 Å². The van der Waals surface area contributed by atoms with Gasteiger partial charge >= 0.3 is 0 Å². The standard InChI is InChI=1S/C17H25ClFN3O/c1-17(2,3)20-16(23)12-22-8-6-21(7-9-22)11-13-4-5-14(19)10-15(13)18/h4-5,10H,6-9,11-12H2,1-3H3,(H,20,23). The van der Waals surface area contributed by atoms with Crippen molar-refractivity contribution < 1.29 is 9.18 Å². The predicted molar refractivity (Wildman–Crippen MR) is 91.0 cm³/mol. The van der Waals surface area contributed by atoms with Crippen LogP contribution in [0, 0.1) is 5.82 Å². The van der Waals surface area contributed by atoms with Gasteiger partial charge in [-0.2, -0.15) is 0 Å². The van der Waals surface area contributed by atoms with Gasteiger partial charge in [0.05, 0.1) is 6.54 Å². The number of nitrogens with one attached hydrogen (secondary N) is 1. The highest BCUT2D eigenvalue weighted by Gasteiger charge is 2.21. The first-order valence-corrected chi connectivity index (χ1v) is 8.30. The molecule has 1 N–H and O–H groups in total. The molecule has 1 saturated heterocycles. The molecule has 0 saturated carbocycles. The van der Waals surface area contributed by atoms with E-state index in [1.165, 1.54) is 12.1 Å². The number of rotatable bonds is 4. The van der Waals surface area contributed by atoms with Crippen LogP contribution in [0.3, 0.4) is 0 Å². The van der Waals surface area contributed by atoms with Gasteiger partial charge in [0.1, 0.15) is 5.82 Å². The Kier molecular flexibility index (Phi) is 6.00. The third-order valence-electron chi connectivity index (χ3n) is 3.76. The maximum atomic E-state index is 13.1. The van der Waals surface area contributed by atoms with Crippen molar-refractivity contribution in [2.45, 2.75) is 32.9 Å². The largest absolute Gasteiger partial charge is 0.350 e. The molecule has 1 amide bonds. The van der Waals surface area contributed by atoms with Crippen LogP contribution < -0.4 is 5.32 Å². The van der Waals surface area contributed by atoms with Crippen molar-refractivity contribution in [2.75, 3.05) is 32.7 Å². The molecule has 1 aliphatic heterocycles. The molecule has 1 aliphatic rings. The summed E-state index contributed by atoms with van der Waals surface area (Å²) in [5, 5.41) is 3.45. The van der Waals surface area contributed by atoms with Gasteiger partial charge < -0.3 is 5.32 Å². The fourth-order valence-electron chi connectivity index (χ4n) is 2.66. The van der Waals surface area contributed by atoms with Crippen molar-refractivity contribution in [2.24, 2.45) is 0 Å². The maximum Gasteiger partial charge on any atom is 0.234 e. The lowest BCUT2D eigenvalue weighted by Gasteiger charge is -2.35. The van der Waals surface area contributed by atoms with Crippen LogP contribution in [0.25, 0.3) is 0 Å². The average Bonchev–Trinajstić information content (AvgIpc) is 2.42. The van der Waals surface area contributed by atoms with E-state index in [1.807, 2.05) is 20.8 Å². The van der Waals surface area contributed by atoms with Gasteiger partial charge in [-0.15, -0.1) is 0 Å². The molecule has 6 heteroatoms. The van der Waals surface area contributed by atoms with Gasteiger partial charge in [0.2, 0.25) is 5.91 Å². The van der Waals surface area contributed by atoms with E-state index in [2.05, 4.69) is 15.1 Å². The highest BCUT2D eigenvalue weighted by molar-refractivity contribution is 6.31. The van der Waals surface area contributed by atoms with Crippen LogP contribution in [0.1, 0.15) is 26.3 Å². The van der Waals surface area contributed by atoms with Crippen LogP contribution in [0.2, 0.25) is 5.02 Å². The smallest absolute Gasteiger partial charge is 0.234 e. The number of hydrogen-bond acceptors (Lipinski definition) is 3. The molecule has 0 spiro atoms. The second-order valence-electron chi connectivity index (χ2n) is 7.09. The van der Waals surface area contributed by atoms with E-state index in [4.69, 9.17) is 11.6 Å². The van der Waals surface area contributed by atoms with E-state index in [-0.39, 0.29) is 17.3 Å². The van der Waals surface area contributed by atoms with Gasteiger partial charge in [0.25, 0.3) is 0 Å². The first-order chi connectivity index (χ1) is 10.7. The molecule has 1 fully saturated rings. The molecule has 23 heavy (non-hydrogen) atoms. The fourth-order valence-corrected chi connectivity index (χ4v) is 2.88. The van der Waals surface area contributed by atoms with Gasteiger partial charge in [0.15, 0.2) is 0 Å². The number of hydrogen-bond donors (Lipinski definition) is 1. The van der Waals surface area contributed by atoms with Crippen LogP contribution in [0.5, 0.6) is 0 Å². The molecule has 1 aromatic carbocycles. The van der Waals surface area contributed by atoms with E-state index in [0.29, 0.717) is 18.1 Å². The van der Waals surface area contributed by atoms with Gasteiger partial charge in [0, 0.05) is 43.3 Å². The minimum Gasteiger partial charge on any atom is -0.350 e. The molecule has 0 unspecified atom stereocenters. The van der Waals surface area contributed by atoms with Crippen LogP contribution in [0.4, 0.5) is 4.39 Å². The normalized spacial score (nSPS) is 17.3. The quantitative estimate of drug-likeness (QED) is 0.914. The predicted octanol–water partition coefficient (Wildman–Crippen LogP) is 2.51. The highest BCUT2D eigenvalue weighted by atomic mass is 35.5. The van der Waals surface area contributed by atoms with Crippen molar-refractivity contribution in [1.29, 1.82) is 0 Å². The summed E-state index contributed by atoms with van der Waals surface area (Å²) >= 11 is 6.08. The first-order valence-electron chi connectivity index (χ1n) is 7.92. The summed E-state index contributed by atoms with van der Waals surface area (Å²) in [6.45, 7) is 10.5. The summed E-state index contributed by atoms with van der Waals surface area (Å²) in [4.78, 5) is 16.4. The summed E-state index contributed by atoms with van der Waals surface area (Å²) in [6.07, 6.45) is 0. The molecule has 0 atom stereocenters. The number of benzene rings is 1. The van der Waals surface area contributed by atoms with Crippen molar-refractivity contribution in [1.82, 2.24) is 15.1 Å². The SMILES string of the molecule is CC(C)(C)NC(=O)CN1CCN(Cc2ccc(F)cc2Cl)CC1. The Labute approximate surface area is 142 Å². The molecule has 4 nitrogen and oxygen atoms in total. The van der Waals surface area contributed by atoms with Crippen molar-refractivity contribution in [3.63, 3.8) is 0 Å². The molecule has 0 radical (unpaired) electrons. The van der Waals surface area contributed by atoms with E-state index in [1.54, 1.807) is 6.07 Å². The van der Waals surface area contributed by atoms with Crippen LogP contribution >= 0.6 is 11.6 Å². The van der Waals surface area contributed by atoms with Gasteiger partial charge in [-0.05, 0) is 38.5 Å². The second-order valence-corrected chi connectivity index (χ2v) is 7.49. The fraction of sp³-hybridized carbons (Fsp3) is 0.588. The summed E-state index contributed by atoms with van der Waals surface area (Å²) in [7, 11) is 0. The van der Waals surface area contributed by atoms with E-state index >= 15 is 0 Å². The molecule has 128 valence electrons. The minimum atomic E-state index is -0.312. The lowest BCUT2D eigenvalue weighted by Crippen LogP contribution is -2.51. The highest BCUT2D eigenvalue weighted by Crippen LogP contribution is 2.19. The number of nitrogens with zero attached hydrogens (tertiary/aromatic N) is 2.